The molecule has 0 unspecified atom stereocenters. The minimum atomic E-state index is -4.85. The SMILES string of the molecule is N#Cc1cncc(CONC2=CCN(S(=O)(=O)c3ccc(OC(F)(F)F)cc3)CC2)c1. The lowest BCUT2D eigenvalue weighted by Crippen LogP contribution is -2.36. The predicted molar refractivity (Wildman–Crippen MR) is 101 cm³/mol. The second kappa shape index (κ2) is 9.34. The lowest BCUT2D eigenvalue weighted by atomic mass is 10.2. The first-order valence-corrected chi connectivity index (χ1v) is 10.4. The van der Waals surface area contributed by atoms with E-state index in [0.29, 0.717) is 23.2 Å². The molecule has 1 aromatic heterocycles. The summed E-state index contributed by atoms with van der Waals surface area (Å²) in [5, 5.41) is 8.86. The molecule has 0 saturated heterocycles. The van der Waals surface area contributed by atoms with E-state index in [1.54, 1.807) is 18.3 Å². The molecule has 0 aliphatic carbocycles. The number of benzene rings is 1. The summed E-state index contributed by atoms with van der Waals surface area (Å²) in [6.45, 7) is 0.394. The van der Waals surface area contributed by atoms with Gasteiger partial charge in [0.2, 0.25) is 10.0 Å². The Bertz CT molecular complexity index is 1100. The van der Waals surface area contributed by atoms with Crippen LogP contribution in [-0.2, 0) is 21.5 Å². The molecule has 0 bridgehead atoms. The van der Waals surface area contributed by atoms with Gasteiger partial charge >= 0.3 is 6.36 Å². The molecule has 1 aliphatic heterocycles. The molecule has 1 aliphatic rings. The number of nitriles is 1. The summed E-state index contributed by atoms with van der Waals surface area (Å²) in [5.41, 5.74) is 4.55. The van der Waals surface area contributed by atoms with Gasteiger partial charge in [0.15, 0.2) is 0 Å². The first-order chi connectivity index (χ1) is 14.7. The molecule has 0 spiro atoms. The number of hydroxylamine groups is 1. The third kappa shape index (κ3) is 6.17. The van der Waals surface area contributed by atoms with Crippen molar-refractivity contribution < 1.29 is 31.2 Å². The summed E-state index contributed by atoms with van der Waals surface area (Å²) in [5.74, 6) is -0.496. The molecule has 31 heavy (non-hydrogen) atoms. The largest absolute Gasteiger partial charge is 0.573 e. The van der Waals surface area contributed by atoms with Crippen molar-refractivity contribution in [1.82, 2.24) is 14.8 Å². The summed E-state index contributed by atoms with van der Waals surface area (Å²) in [7, 11) is -3.87. The molecule has 3 rings (SSSR count). The van der Waals surface area contributed by atoms with Gasteiger partial charge in [-0.3, -0.25) is 15.3 Å². The molecule has 0 atom stereocenters. The molecule has 8 nitrogen and oxygen atoms in total. The van der Waals surface area contributed by atoms with Gasteiger partial charge in [-0.2, -0.15) is 9.57 Å². The summed E-state index contributed by atoms with van der Waals surface area (Å²) >= 11 is 0. The highest BCUT2D eigenvalue weighted by Gasteiger charge is 2.31. The van der Waals surface area contributed by atoms with Crippen LogP contribution in [0.5, 0.6) is 5.75 Å². The smallest absolute Gasteiger partial charge is 0.406 e. The Morgan fingerprint density at radius 2 is 1.97 bits per heavy atom. The molecule has 12 heteroatoms. The fraction of sp³-hybridized carbons (Fsp3) is 0.263. The lowest BCUT2D eigenvalue weighted by molar-refractivity contribution is -0.274. The number of ether oxygens (including phenoxy) is 1. The number of sulfonamides is 1. The van der Waals surface area contributed by atoms with Gasteiger partial charge in [0.25, 0.3) is 0 Å². The van der Waals surface area contributed by atoms with Crippen LogP contribution in [0, 0.1) is 11.3 Å². The topological polar surface area (TPSA) is 105 Å². The summed E-state index contributed by atoms with van der Waals surface area (Å²) in [6.07, 6.45) is 0.152. The molecule has 0 radical (unpaired) electrons. The molecule has 0 saturated carbocycles. The van der Waals surface area contributed by atoms with Crippen LogP contribution < -0.4 is 10.2 Å². The van der Waals surface area contributed by atoms with E-state index in [-0.39, 0.29) is 24.6 Å². The van der Waals surface area contributed by atoms with E-state index in [0.717, 1.165) is 24.3 Å². The molecule has 2 heterocycles. The molecular weight excluding hydrogens is 437 g/mol. The van der Waals surface area contributed by atoms with E-state index < -0.39 is 22.1 Å². The number of nitrogens with zero attached hydrogens (tertiary/aromatic N) is 3. The van der Waals surface area contributed by atoms with Gasteiger partial charge in [-0.15, -0.1) is 13.2 Å². The van der Waals surface area contributed by atoms with E-state index in [2.05, 4.69) is 15.2 Å². The Morgan fingerprint density at radius 1 is 1.23 bits per heavy atom. The van der Waals surface area contributed by atoms with Crippen molar-refractivity contribution in [2.45, 2.75) is 24.3 Å². The van der Waals surface area contributed by atoms with E-state index in [4.69, 9.17) is 10.1 Å². The number of rotatable bonds is 7. The van der Waals surface area contributed by atoms with Gasteiger partial charge in [-0.25, -0.2) is 8.42 Å². The zero-order valence-electron chi connectivity index (χ0n) is 16.0. The molecule has 0 amide bonds. The van der Waals surface area contributed by atoms with Crippen LogP contribution in [-0.4, -0.2) is 37.2 Å². The summed E-state index contributed by atoms with van der Waals surface area (Å²) < 4.78 is 67.1. The van der Waals surface area contributed by atoms with Gasteiger partial charge in [0, 0.05) is 37.6 Å². The third-order valence-electron chi connectivity index (χ3n) is 4.23. The zero-order chi connectivity index (χ0) is 22.5. The van der Waals surface area contributed by atoms with Crippen molar-refractivity contribution in [1.29, 1.82) is 5.26 Å². The minimum Gasteiger partial charge on any atom is -0.406 e. The fourth-order valence-corrected chi connectivity index (χ4v) is 4.14. The first-order valence-electron chi connectivity index (χ1n) is 8.94. The maximum atomic E-state index is 12.7. The summed E-state index contributed by atoms with van der Waals surface area (Å²) in [4.78, 5) is 9.17. The normalized spacial score (nSPS) is 15.1. The van der Waals surface area contributed by atoms with Crippen LogP contribution in [0.2, 0.25) is 0 Å². The predicted octanol–water partition coefficient (Wildman–Crippen LogP) is 2.85. The Morgan fingerprint density at radius 3 is 2.58 bits per heavy atom. The highest BCUT2D eigenvalue weighted by Crippen LogP contribution is 2.26. The van der Waals surface area contributed by atoms with Gasteiger partial charge in [0.05, 0.1) is 10.5 Å². The number of hydrogen-bond donors (Lipinski definition) is 1. The van der Waals surface area contributed by atoms with Crippen molar-refractivity contribution in [3.05, 3.63) is 65.6 Å². The molecule has 0 fully saturated rings. The average molecular weight is 454 g/mol. The van der Waals surface area contributed by atoms with E-state index >= 15 is 0 Å². The van der Waals surface area contributed by atoms with Crippen molar-refractivity contribution in [2.24, 2.45) is 0 Å². The Kier molecular flexibility index (Phi) is 6.79. The monoisotopic (exact) mass is 454 g/mol. The van der Waals surface area contributed by atoms with Crippen LogP contribution >= 0.6 is 0 Å². The second-order valence-corrected chi connectivity index (χ2v) is 8.38. The first kappa shape index (κ1) is 22.5. The van der Waals surface area contributed by atoms with Crippen LogP contribution in [0.25, 0.3) is 0 Å². The maximum absolute atomic E-state index is 12.7. The number of aromatic nitrogens is 1. The van der Waals surface area contributed by atoms with Gasteiger partial charge in [-0.05, 0) is 42.0 Å². The highest BCUT2D eigenvalue weighted by atomic mass is 32.2. The number of pyridine rings is 1. The fourth-order valence-electron chi connectivity index (χ4n) is 2.76. The lowest BCUT2D eigenvalue weighted by Gasteiger charge is -2.26. The quantitative estimate of drug-likeness (QED) is 0.642. The van der Waals surface area contributed by atoms with Gasteiger partial charge < -0.3 is 4.74 Å². The summed E-state index contributed by atoms with van der Waals surface area (Å²) in [6, 6.07) is 7.68. The molecule has 164 valence electrons. The van der Waals surface area contributed by atoms with Crippen molar-refractivity contribution in [3.8, 4) is 11.8 Å². The van der Waals surface area contributed by atoms with E-state index in [1.165, 1.54) is 10.5 Å². The van der Waals surface area contributed by atoms with E-state index in [1.807, 2.05) is 6.07 Å². The van der Waals surface area contributed by atoms with Crippen LogP contribution in [0.3, 0.4) is 0 Å². The standard InChI is InChI=1S/C19H17F3N4O4S/c20-19(21,22)30-17-1-3-18(4-2-17)31(27,28)26-7-5-16(6-8-26)25-29-13-15-9-14(10-23)11-24-12-15/h1-5,9,11-12,25H,6-8,13H2. The molecule has 2 aromatic rings. The number of nitrogens with one attached hydrogen (secondary N) is 1. The van der Waals surface area contributed by atoms with Gasteiger partial charge in [-0.1, -0.05) is 0 Å². The van der Waals surface area contributed by atoms with Crippen molar-refractivity contribution in [2.75, 3.05) is 13.1 Å². The third-order valence-corrected chi connectivity index (χ3v) is 6.11. The van der Waals surface area contributed by atoms with Crippen molar-refractivity contribution in [3.63, 3.8) is 0 Å². The molecular formula is C19H17F3N4O4S. The highest BCUT2D eigenvalue weighted by molar-refractivity contribution is 7.89. The number of alkyl halides is 3. The Balaban J connectivity index is 1.55. The van der Waals surface area contributed by atoms with E-state index in [9.17, 15) is 21.6 Å². The Labute approximate surface area is 176 Å². The van der Waals surface area contributed by atoms with Crippen LogP contribution in [0.15, 0.2) is 59.4 Å². The Hall–Kier alpha value is -3.14. The maximum Gasteiger partial charge on any atom is 0.573 e. The number of hydrogen-bond acceptors (Lipinski definition) is 7. The van der Waals surface area contributed by atoms with Crippen LogP contribution in [0.1, 0.15) is 17.5 Å². The minimum absolute atomic E-state index is 0.0697. The van der Waals surface area contributed by atoms with Crippen molar-refractivity contribution >= 4 is 10.0 Å². The second-order valence-electron chi connectivity index (χ2n) is 6.45. The molecule has 1 aromatic carbocycles. The van der Waals surface area contributed by atoms with Crippen LogP contribution in [0.4, 0.5) is 13.2 Å². The zero-order valence-corrected chi connectivity index (χ0v) is 16.8. The average Bonchev–Trinajstić information content (AvgIpc) is 2.73. The number of halogens is 3. The molecule has 1 N–H and O–H groups in total. The van der Waals surface area contributed by atoms with Gasteiger partial charge in [0.1, 0.15) is 18.4 Å².